The lowest BCUT2D eigenvalue weighted by atomic mass is 10.3. The van der Waals surface area contributed by atoms with Gasteiger partial charge in [-0.25, -0.2) is 4.39 Å². The Balaban J connectivity index is 2.93. The van der Waals surface area contributed by atoms with E-state index < -0.39 is 5.82 Å². The predicted octanol–water partition coefficient (Wildman–Crippen LogP) is 3.05. The maximum absolute atomic E-state index is 12.5. The minimum Gasteiger partial charge on any atom is -0.476 e. The number of ether oxygens (including phenoxy) is 1. The summed E-state index contributed by atoms with van der Waals surface area (Å²) in [6, 6.07) is 3.82. The van der Waals surface area contributed by atoms with Crippen molar-refractivity contribution in [1.29, 1.82) is 0 Å². The molecule has 0 bridgehead atoms. The van der Waals surface area contributed by atoms with Gasteiger partial charge in [-0.2, -0.15) is 0 Å². The van der Waals surface area contributed by atoms with E-state index in [1.807, 2.05) is 0 Å². The monoisotopic (exact) mass is 194 g/mol. The normalized spacial score (nSPS) is 9.73. The SMILES string of the molecule is Fc1ccc(Cl)c(OCCl)c1. The van der Waals surface area contributed by atoms with Gasteiger partial charge in [0, 0.05) is 6.07 Å². The van der Waals surface area contributed by atoms with Crippen LogP contribution in [0.5, 0.6) is 5.75 Å². The zero-order valence-corrected chi connectivity index (χ0v) is 6.99. The van der Waals surface area contributed by atoms with Gasteiger partial charge < -0.3 is 4.74 Å². The molecular formula is C7H5Cl2FO. The van der Waals surface area contributed by atoms with Crippen LogP contribution in [-0.2, 0) is 0 Å². The topological polar surface area (TPSA) is 9.23 Å². The minimum absolute atomic E-state index is 0.0385. The summed E-state index contributed by atoms with van der Waals surface area (Å²) in [4.78, 5) is 0. The van der Waals surface area contributed by atoms with Crippen LogP contribution in [0.1, 0.15) is 0 Å². The van der Waals surface area contributed by atoms with Gasteiger partial charge in [0.1, 0.15) is 11.6 Å². The Kier molecular flexibility index (Phi) is 2.97. The molecule has 0 aliphatic heterocycles. The smallest absolute Gasteiger partial charge is 0.162 e. The summed E-state index contributed by atoms with van der Waals surface area (Å²) in [6.45, 7) is 0. The highest BCUT2D eigenvalue weighted by molar-refractivity contribution is 6.32. The van der Waals surface area contributed by atoms with Gasteiger partial charge in [0.05, 0.1) is 5.02 Å². The Morgan fingerprint density at radius 1 is 1.45 bits per heavy atom. The van der Waals surface area contributed by atoms with Crippen molar-refractivity contribution in [2.75, 3.05) is 6.07 Å². The molecule has 0 heterocycles. The fourth-order valence-corrected chi connectivity index (χ4v) is 0.936. The van der Waals surface area contributed by atoms with Crippen molar-refractivity contribution in [3.8, 4) is 5.75 Å². The van der Waals surface area contributed by atoms with Crippen LogP contribution in [0.25, 0.3) is 0 Å². The van der Waals surface area contributed by atoms with Crippen molar-refractivity contribution in [2.24, 2.45) is 0 Å². The molecule has 0 aromatic heterocycles. The first-order valence-corrected chi connectivity index (χ1v) is 3.79. The van der Waals surface area contributed by atoms with Crippen LogP contribution < -0.4 is 4.74 Å². The van der Waals surface area contributed by atoms with Gasteiger partial charge in [-0.15, -0.1) is 0 Å². The summed E-state index contributed by atoms with van der Waals surface area (Å²) in [5.41, 5.74) is 0. The maximum atomic E-state index is 12.5. The first-order valence-electron chi connectivity index (χ1n) is 2.88. The quantitative estimate of drug-likeness (QED) is 0.659. The number of rotatable bonds is 2. The second kappa shape index (κ2) is 3.79. The number of halogens is 3. The third-order valence-electron chi connectivity index (χ3n) is 1.10. The molecule has 0 radical (unpaired) electrons. The van der Waals surface area contributed by atoms with E-state index in [0.29, 0.717) is 5.02 Å². The third-order valence-corrected chi connectivity index (χ3v) is 1.52. The van der Waals surface area contributed by atoms with Gasteiger partial charge in [-0.3, -0.25) is 0 Å². The van der Waals surface area contributed by atoms with E-state index in [-0.39, 0.29) is 11.8 Å². The molecule has 0 N–H and O–H groups in total. The molecule has 11 heavy (non-hydrogen) atoms. The average molecular weight is 195 g/mol. The lowest BCUT2D eigenvalue weighted by Gasteiger charge is -2.02. The number of hydrogen-bond donors (Lipinski definition) is 0. The fourth-order valence-electron chi connectivity index (χ4n) is 0.647. The largest absolute Gasteiger partial charge is 0.476 e. The van der Waals surface area contributed by atoms with Gasteiger partial charge in [0.25, 0.3) is 0 Å². The Bertz CT molecular complexity index is 252. The molecule has 0 fully saturated rings. The molecule has 0 aliphatic carbocycles. The number of benzene rings is 1. The molecule has 1 aromatic carbocycles. The maximum Gasteiger partial charge on any atom is 0.162 e. The van der Waals surface area contributed by atoms with Crippen LogP contribution >= 0.6 is 23.2 Å². The van der Waals surface area contributed by atoms with Gasteiger partial charge in [0.2, 0.25) is 0 Å². The van der Waals surface area contributed by atoms with Crippen molar-refractivity contribution in [2.45, 2.75) is 0 Å². The van der Waals surface area contributed by atoms with Crippen LogP contribution in [0.2, 0.25) is 5.02 Å². The van der Waals surface area contributed by atoms with E-state index in [2.05, 4.69) is 0 Å². The standard InChI is InChI=1S/C7H5Cl2FO/c8-4-11-7-3-5(10)1-2-6(7)9/h1-3H,4H2. The molecule has 0 spiro atoms. The first-order chi connectivity index (χ1) is 5.24. The summed E-state index contributed by atoms with van der Waals surface area (Å²) in [5.74, 6) is -0.129. The lowest BCUT2D eigenvalue weighted by molar-refractivity contribution is 0.385. The molecule has 0 saturated carbocycles. The van der Waals surface area contributed by atoms with Crippen molar-refractivity contribution < 1.29 is 9.13 Å². The first kappa shape index (κ1) is 8.62. The number of alkyl halides is 1. The van der Waals surface area contributed by atoms with E-state index in [1.54, 1.807) is 0 Å². The van der Waals surface area contributed by atoms with Crippen molar-refractivity contribution in [1.82, 2.24) is 0 Å². The summed E-state index contributed by atoms with van der Waals surface area (Å²) in [7, 11) is 0. The van der Waals surface area contributed by atoms with E-state index in [0.717, 1.165) is 0 Å². The predicted molar refractivity (Wildman–Crippen MR) is 42.8 cm³/mol. The highest BCUT2D eigenvalue weighted by Crippen LogP contribution is 2.24. The Labute approximate surface area is 73.7 Å². The summed E-state index contributed by atoms with van der Waals surface area (Å²) in [6.07, 6.45) is 0. The minimum atomic E-state index is -0.394. The fraction of sp³-hybridized carbons (Fsp3) is 0.143. The van der Waals surface area contributed by atoms with Crippen LogP contribution in [-0.4, -0.2) is 6.07 Å². The van der Waals surface area contributed by atoms with Crippen LogP contribution in [0.15, 0.2) is 18.2 Å². The zero-order chi connectivity index (χ0) is 8.27. The Morgan fingerprint density at radius 2 is 2.18 bits per heavy atom. The molecule has 0 atom stereocenters. The van der Waals surface area contributed by atoms with Gasteiger partial charge in [-0.05, 0) is 12.1 Å². The van der Waals surface area contributed by atoms with Crippen LogP contribution in [0, 0.1) is 5.82 Å². The summed E-state index contributed by atoms with van der Waals surface area (Å²) in [5, 5.41) is 0.354. The Morgan fingerprint density at radius 3 is 2.82 bits per heavy atom. The second-order valence-electron chi connectivity index (χ2n) is 1.83. The van der Waals surface area contributed by atoms with E-state index in [9.17, 15) is 4.39 Å². The molecule has 0 saturated heterocycles. The molecule has 0 aliphatic rings. The molecule has 1 nitrogen and oxygen atoms in total. The van der Waals surface area contributed by atoms with Gasteiger partial charge >= 0.3 is 0 Å². The van der Waals surface area contributed by atoms with Crippen molar-refractivity contribution in [3.63, 3.8) is 0 Å². The third kappa shape index (κ3) is 2.24. The molecule has 0 unspecified atom stereocenters. The molecule has 4 heteroatoms. The molecule has 1 aromatic rings. The van der Waals surface area contributed by atoms with Gasteiger partial charge in [0.15, 0.2) is 6.07 Å². The second-order valence-corrected chi connectivity index (χ2v) is 2.45. The summed E-state index contributed by atoms with van der Waals surface area (Å²) < 4.78 is 17.3. The van der Waals surface area contributed by atoms with Crippen LogP contribution in [0.4, 0.5) is 4.39 Å². The molecule has 0 amide bonds. The zero-order valence-electron chi connectivity index (χ0n) is 5.48. The van der Waals surface area contributed by atoms with E-state index in [4.69, 9.17) is 27.9 Å². The van der Waals surface area contributed by atoms with E-state index in [1.165, 1.54) is 18.2 Å². The average Bonchev–Trinajstić information content (AvgIpc) is 1.98. The highest BCUT2D eigenvalue weighted by atomic mass is 35.5. The molecular weight excluding hydrogens is 190 g/mol. The van der Waals surface area contributed by atoms with Crippen molar-refractivity contribution >= 4 is 23.2 Å². The van der Waals surface area contributed by atoms with Crippen molar-refractivity contribution in [3.05, 3.63) is 29.0 Å². The summed E-state index contributed by atoms with van der Waals surface area (Å²) >= 11 is 10.9. The van der Waals surface area contributed by atoms with E-state index >= 15 is 0 Å². The molecule has 60 valence electrons. The Hall–Kier alpha value is -0.470. The number of hydrogen-bond acceptors (Lipinski definition) is 1. The van der Waals surface area contributed by atoms with Gasteiger partial charge in [-0.1, -0.05) is 23.2 Å². The highest BCUT2D eigenvalue weighted by Gasteiger charge is 2.01. The molecule has 1 rings (SSSR count). The van der Waals surface area contributed by atoms with Crippen LogP contribution in [0.3, 0.4) is 0 Å². The lowest BCUT2D eigenvalue weighted by Crippen LogP contribution is -1.90.